The number of alkyl halides is 2. The molecule has 1 N–H and O–H groups in total. The van der Waals surface area contributed by atoms with Crippen molar-refractivity contribution in [3.05, 3.63) is 58.7 Å². The zero-order valence-electron chi connectivity index (χ0n) is 24.4. The fourth-order valence-electron chi connectivity index (χ4n) is 8.98. The van der Waals surface area contributed by atoms with Crippen LogP contribution in [0.25, 0.3) is 0 Å². The van der Waals surface area contributed by atoms with Crippen LogP contribution in [0.3, 0.4) is 0 Å². The Balaban J connectivity index is 1.38. The Morgan fingerprint density at radius 2 is 1.93 bits per heavy atom. The van der Waals surface area contributed by atoms with Gasteiger partial charge in [0.2, 0.25) is 5.12 Å². The molecular formula is C32H36ClF2NO6S. The van der Waals surface area contributed by atoms with E-state index in [1.165, 1.54) is 18.2 Å². The van der Waals surface area contributed by atoms with E-state index in [1.54, 1.807) is 31.0 Å². The molecule has 1 saturated heterocycles. The number of ketones is 1. The number of halogens is 3. The van der Waals surface area contributed by atoms with Crippen molar-refractivity contribution in [1.82, 2.24) is 5.06 Å². The molecule has 0 spiro atoms. The maximum Gasteiger partial charge on any atom is 0.316 e. The number of carbonyl (C=O) groups is 3. The van der Waals surface area contributed by atoms with Gasteiger partial charge in [-0.3, -0.25) is 19.2 Å². The van der Waals surface area contributed by atoms with Crippen molar-refractivity contribution in [2.75, 3.05) is 18.9 Å². The number of benzene rings is 1. The summed E-state index contributed by atoms with van der Waals surface area (Å²) < 4.78 is 38.6. The summed E-state index contributed by atoms with van der Waals surface area (Å²) in [6, 6.07) is 7.28. The molecule has 1 aliphatic heterocycles. The summed E-state index contributed by atoms with van der Waals surface area (Å²) in [4.78, 5) is 45.3. The molecule has 0 bridgehead atoms. The number of hydroxylamine groups is 2. The number of hydrogen-bond donors (Lipinski definition) is 1. The predicted octanol–water partition coefficient (Wildman–Crippen LogP) is 5.19. The van der Waals surface area contributed by atoms with Gasteiger partial charge in [0.1, 0.15) is 6.17 Å². The van der Waals surface area contributed by atoms with Crippen LogP contribution in [0.4, 0.5) is 8.78 Å². The van der Waals surface area contributed by atoms with E-state index in [4.69, 9.17) is 21.2 Å². The minimum absolute atomic E-state index is 0.0563. The van der Waals surface area contributed by atoms with Gasteiger partial charge in [-0.25, -0.2) is 8.78 Å². The van der Waals surface area contributed by atoms with Crippen molar-refractivity contribution >= 4 is 40.2 Å². The van der Waals surface area contributed by atoms with Gasteiger partial charge in [-0.1, -0.05) is 48.5 Å². The molecule has 3 saturated carbocycles. The Hall–Kier alpha value is -2.11. The summed E-state index contributed by atoms with van der Waals surface area (Å²) in [6.45, 7) is 5.99. The number of thioether (sulfide) groups is 1. The lowest BCUT2D eigenvalue weighted by Crippen LogP contribution is -2.70. The Bertz CT molecular complexity index is 1410. The second-order valence-electron chi connectivity index (χ2n) is 12.9. The van der Waals surface area contributed by atoms with E-state index in [0.29, 0.717) is 24.5 Å². The smallest absolute Gasteiger partial charge is 0.316 e. The summed E-state index contributed by atoms with van der Waals surface area (Å²) in [5, 5.41) is 13.7. The third-order valence-electron chi connectivity index (χ3n) is 10.9. The lowest BCUT2D eigenvalue weighted by Gasteiger charge is -2.63. The molecule has 232 valence electrons. The molecule has 5 aliphatic rings. The first-order valence-corrected chi connectivity index (χ1v) is 16.1. The van der Waals surface area contributed by atoms with Crippen LogP contribution in [-0.4, -0.2) is 69.5 Å². The van der Waals surface area contributed by atoms with E-state index in [1.807, 2.05) is 19.1 Å². The molecule has 4 aliphatic carbocycles. The van der Waals surface area contributed by atoms with Crippen LogP contribution in [-0.2, 0) is 30.5 Å². The third-order valence-corrected chi connectivity index (χ3v) is 12.1. The van der Waals surface area contributed by atoms with Gasteiger partial charge >= 0.3 is 5.97 Å². The predicted molar refractivity (Wildman–Crippen MR) is 157 cm³/mol. The highest BCUT2D eigenvalue weighted by atomic mass is 35.5. The maximum atomic E-state index is 17.6. The van der Waals surface area contributed by atoms with E-state index >= 15 is 8.78 Å². The zero-order chi connectivity index (χ0) is 30.9. The first-order chi connectivity index (χ1) is 20.3. The largest absolute Gasteiger partial charge is 0.465 e. The summed E-state index contributed by atoms with van der Waals surface area (Å²) in [6.07, 6.45) is 0.749. The van der Waals surface area contributed by atoms with Crippen LogP contribution in [0.15, 0.2) is 48.1 Å². The number of ether oxygens (including phenoxy) is 1. The van der Waals surface area contributed by atoms with Gasteiger partial charge < -0.3 is 9.84 Å². The average Bonchev–Trinajstić information content (AvgIpc) is 3.43. The molecule has 7 nitrogen and oxygen atoms in total. The SMILES string of the molecule is CCOC(=O)CSC(=O)[C@@]12ON(Cc3ccc(Cl)cc3)C[C@@H]1C[C@H]1[C@@H]3C[C@H](F)C4=CC(=O)C=C[C@]4(C)[C@@]3(F)[C@@H](O)C[C@@]12C. The van der Waals surface area contributed by atoms with Gasteiger partial charge in [0.15, 0.2) is 17.1 Å². The number of fused-ring (bicyclic) bond motifs is 7. The molecule has 9 atom stereocenters. The second-order valence-corrected chi connectivity index (χ2v) is 14.3. The van der Waals surface area contributed by atoms with Crippen LogP contribution in [0, 0.1) is 28.6 Å². The van der Waals surface area contributed by atoms with Crippen LogP contribution in [0.2, 0.25) is 5.02 Å². The molecule has 0 radical (unpaired) electrons. The molecular weight excluding hydrogens is 600 g/mol. The first-order valence-electron chi connectivity index (χ1n) is 14.8. The number of nitrogens with zero attached hydrogens (tertiary/aromatic N) is 1. The second kappa shape index (κ2) is 10.8. The quantitative estimate of drug-likeness (QED) is 0.427. The fraction of sp³-hybridized carbons (Fsp3) is 0.594. The van der Waals surface area contributed by atoms with E-state index in [2.05, 4.69) is 0 Å². The van der Waals surface area contributed by atoms with Gasteiger partial charge in [0.25, 0.3) is 0 Å². The Morgan fingerprint density at radius 1 is 1.21 bits per heavy atom. The third kappa shape index (κ3) is 4.42. The minimum atomic E-state index is -2.26. The highest BCUT2D eigenvalue weighted by Crippen LogP contribution is 2.73. The minimum Gasteiger partial charge on any atom is -0.465 e. The Morgan fingerprint density at radius 3 is 2.63 bits per heavy atom. The molecule has 0 amide bonds. The summed E-state index contributed by atoms with van der Waals surface area (Å²) in [5.74, 6) is -2.97. The Kier molecular flexibility index (Phi) is 7.73. The first kappa shape index (κ1) is 30.9. The highest BCUT2D eigenvalue weighted by molar-refractivity contribution is 8.14. The normalized spacial score (nSPS) is 41.6. The summed E-state index contributed by atoms with van der Waals surface area (Å²) >= 11 is 6.87. The molecule has 4 fully saturated rings. The highest BCUT2D eigenvalue weighted by Gasteiger charge is 2.79. The maximum absolute atomic E-state index is 17.6. The number of hydrogen-bond acceptors (Lipinski definition) is 8. The van der Waals surface area contributed by atoms with E-state index in [0.717, 1.165) is 17.3 Å². The van der Waals surface area contributed by atoms with Gasteiger partial charge in [-0.05, 0) is 74.4 Å². The molecule has 1 heterocycles. The van der Waals surface area contributed by atoms with Crippen LogP contribution >= 0.6 is 23.4 Å². The lowest BCUT2D eigenvalue weighted by molar-refractivity contribution is -0.266. The number of aliphatic hydroxyl groups is 1. The number of esters is 1. The van der Waals surface area contributed by atoms with E-state index in [9.17, 15) is 19.5 Å². The standard InChI is InChI=1S/C32H36ClF2NO6S/c1-4-41-27(39)17-43-28(40)32-19(16-36(42-32)15-18-5-7-20(33)8-6-18)11-22-23-13-25(34)24-12-21(37)9-10-29(24,2)31(23,35)26(38)14-30(22,32)3/h5-10,12,19,22-23,25-26,38H,4,11,13-17H2,1-3H3/t19-,22-,23-,25-,26-,29-,30-,31-,32-/m0/s1. The lowest BCUT2D eigenvalue weighted by atomic mass is 9.44. The fourth-order valence-corrected chi connectivity index (χ4v) is 10.1. The molecule has 0 unspecified atom stereocenters. The van der Waals surface area contributed by atoms with Gasteiger partial charge in [-0.15, -0.1) is 0 Å². The number of carbonyl (C=O) groups excluding carboxylic acids is 3. The van der Waals surface area contributed by atoms with Crippen molar-refractivity contribution < 1.29 is 37.8 Å². The summed E-state index contributed by atoms with van der Waals surface area (Å²) in [5.41, 5.74) is -5.36. The molecule has 1 aromatic carbocycles. The van der Waals surface area contributed by atoms with Crippen molar-refractivity contribution in [3.63, 3.8) is 0 Å². The molecule has 1 aromatic rings. The molecule has 43 heavy (non-hydrogen) atoms. The van der Waals surface area contributed by atoms with Crippen molar-refractivity contribution in [2.45, 2.75) is 70.1 Å². The van der Waals surface area contributed by atoms with Crippen LogP contribution in [0.1, 0.15) is 45.6 Å². The van der Waals surface area contributed by atoms with E-state index in [-0.39, 0.29) is 35.9 Å². The number of aliphatic hydroxyl groups excluding tert-OH is 1. The molecule has 0 aromatic heterocycles. The topological polar surface area (TPSA) is 93.1 Å². The zero-order valence-corrected chi connectivity index (χ0v) is 25.9. The molecule has 11 heteroatoms. The van der Waals surface area contributed by atoms with Crippen molar-refractivity contribution in [3.8, 4) is 0 Å². The Labute approximate surface area is 258 Å². The van der Waals surface area contributed by atoms with Crippen molar-refractivity contribution in [1.29, 1.82) is 0 Å². The van der Waals surface area contributed by atoms with Gasteiger partial charge in [0, 0.05) is 40.8 Å². The monoisotopic (exact) mass is 635 g/mol. The number of allylic oxidation sites excluding steroid dienone is 4. The average molecular weight is 636 g/mol. The summed E-state index contributed by atoms with van der Waals surface area (Å²) in [7, 11) is 0. The van der Waals surface area contributed by atoms with Gasteiger partial charge in [0.05, 0.1) is 18.5 Å². The van der Waals surface area contributed by atoms with Gasteiger partial charge in [-0.2, -0.15) is 5.06 Å². The van der Waals surface area contributed by atoms with E-state index < -0.39 is 63.9 Å². The van der Waals surface area contributed by atoms with Crippen LogP contribution in [0.5, 0.6) is 0 Å². The van der Waals surface area contributed by atoms with Crippen molar-refractivity contribution in [2.24, 2.45) is 28.6 Å². The molecule has 6 rings (SSSR count). The van der Waals surface area contributed by atoms with Crippen LogP contribution < -0.4 is 0 Å². The number of rotatable bonds is 6.